The quantitative estimate of drug-likeness (QED) is 0.248. The van der Waals surface area contributed by atoms with Gasteiger partial charge in [-0.2, -0.15) is 5.10 Å². The third-order valence-corrected chi connectivity index (χ3v) is 6.04. The molecule has 0 radical (unpaired) electrons. The fraction of sp³-hybridized carbons (Fsp3) is 0.0435. The fourth-order valence-corrected chi connectivity index (χ4v) is 4.09. The Bertz CT molecular complexity index is 1230. The van der Waals surface area contributed by atoms with E-state index >= 15 is 0 Å². The lowest BCUT2D eigenvalue weighted by molar-refractivity contribution is 0.0955. The first-order valence-corrected chi connectivity index (χ1v) is 11.7. The zero-order valence-electron chi connectivity index (χ0n) is 16.9. The van der Waals surface area contributed by atoms with Gasteiger partial charge in [-0.25, -0.2) is 13.8 Å². The number of hydrogen-bond acceptors (Lipinski definition) is 5. The molecule has 0 spiro atoms. The van der Waals surface area contributed by atoms with Crippen molar-refractivity contribution in [2.24, 2.45) is 5.10 Å². The van der Waals surface area contributed by atoms with Gasteiger partial charge in [-0.05, 0) is 54.6 Å². The molecule has 0 heterocycles. The van der Waals surface area contributed by atoms with Crippen molar-refractivity contribution in [3.63, 3.8) is 0 Å². The van der Waals surface area contributed by atoms with E-state index in [0.717, 1.165) is 4.47 Å². The van der Waals surface area contributed by atoms with Crippen LogP contribution < -0.4 is 14.9 Å². The van der Waals surface area contributed by atoms with E-state index in [9.17, 15) is 13.2 Å². The highest BCUT2D eigenvalue weighted by Crippen LogP contribution is 2.22. The van der Waals surface area contributed by atoms with Crippen LogP contribution in [0, 0.1) is 0 Å². The predicted molar refractivity (Wildman–Crippen MR) is 129 cm³/mol. The summed E-state index contributed by atoms with van der Waals surface area (Å²) in [5.74, 6) is 0.156. The Labute approximate surface area is 195 Å². The summed E-state index contributed by atoms with van der Waals surface area (Å²) in [6.07, 6.45) is 3.11. The number of hydrazone groups is 1. The summed E-state index contributed by atoms with van der Waals surface area (Å²) in [6.45, 7) is 3.96. The van der Waals surface area contributed by atoms with Gasteiger partial charge < -0.3 is 4.74 Å². The van der Waals surface area contributed by atoms with E-state index in [4.69, 9.17) is 4.74 Å². The van der Waals surface area contributed by atoms with Crippen LogP contribution in [0.3, 0.4) is 0 Å². The standard InChI is InChI=1S/C23H20BrN3O4S/c1-2-14-31-22-13-10-19(24)15-18(22)16-25-26-23(28)17-8-11-20(12-9-17)27-32(29,30)21-6-4-3-5-7-21/h2-13,15-16,27H,1,14H2,(H,26,28)/b25-16-. The molecule has 0 saturated heterocycles. The number of carbonyl (C=O) groups excluding carboxylic acids is 1. The van der Waals surface area contributed by atoms with E-state index in [1.54, 1.807) is 30.3 Å². The molecule has 0 aliphatic heterocycles. The van der Waals surface area contributed by atoms with Gasteiger partial charge in [-0.15, -0.1) is 0 Å². The van der Waals surface area contributed by atoms with Crippen molar-refractivity contribution in [3.05, 3.63) is 101 Å². The number of carbonyl (C=O) groups is 1. The molecule has 7 nitrogen and oxygen atoms in total. The zero-order valence-corrected chi connectivity index (χ0v) is 19.3. The number of benzene rings is 3. The van der Waals surface area contributed by atoms with Crippen LogP contribution in [0.15, 0.2) is 99.9 Å². The molecular weight excluding hydrogens is 494 g/mol. The lowest BCUT2D eigenvalue weighted by Gasteiger charge is -2.09. The number of hydrogen-bond donors (Lipinski definition) is 2. The molecule has 32 heavy (non-hydrogen) atoms. The molecule has 1 amide bonds. The third-order valence-electron chi connectivity index (χ3n) is 4.15. The van der Waals surface area contributed by atoms with Gasteiger partial charge in [-0.1, -0.05) is 46.8 Å². The highest BCUT2D eigenvalue weighted by molar-refractivity contribution is 9.10. The van der Waals surface area contributed by atoms with Gasteiger partial charge >= 0.3 is 0 Å². The second-order valence-corrected chi connectivity index (χ2v) is 9.07. The smallest absolute Gasteiger partial charge is 0.271 e. The Hall–Kier alpha value is -3.43. The first kappa shape index (κ1) is 23.2. The summed E-state index contributed by atoms with van der Waals surface area (Å²) in [4.78, 5) is 12.5. The van der Waals surface area contributed by atoms with E-state index in [0.29, 0.717) is 29.2 Å². The molecule has 3 aromatic carbocycles. The molecule has 0 fully saturated rings. The summed E-state index contributed by atoms with van der Waals surface area (Å²) >= 11 is 3.39. The van der Waals surface area contributed by atoms with Crippen LogP contribution in [0.5, 0.6) is 5.75 Å². The minimum atomic E-state index is -3.70. The molecule has 0 atom stereocenters. The number of sulfonamides is 1. The van der Waals surface area contributed by atoms with E-state index < -0.39 is 15.9 Å². The Balaban J connectivity index is 1.64. The van der Waals surface area contributed by atoms with E-state index in [-0.39, 0.29) is 4.90 Å². The summed E-state index contributed by atoms with van der Waals surface area (Å²) in [7, 11) is -3.70. The molecule has 0 bridgehead atoms. The number of rotatable bonds is 9. The van der Waals surface area contributed by atoms with Crippen LogP contribution in [0.25, 0.3) is 0 Å². The van der Waals surface area contributed by atoms with Gasteiger partial charge in [0.25, 0.3) is 15.9 Å². The second kappa shape index (κ2) is 10.7. The molecule has 0 saturated carbocycles. The SMILES string of the molecule is C=CCOc1ccc(Br)cc1/C=N\NC(=O)c1ccc(NS(=O)(=O)c2ccccc2)cc1. The molecule has 2 N–H and O–H groups in total. The first-order chi connectivity index (χ1) is 15.4. The molecule has 3 rings (SSSR count). The minimum absolute atomic E-state index is 0.153. The monoisotopic (exact) mass is 513 g/mol. The lowest BCUT2D eigenvalue weighted by atomic mass is 10.2. The van der Waals surface area contributed by atoms with Crippen LogP contribution in [0.1, 0.15) is 15.9 Å². The van der Waals surface area contributed by atoms with Crippen LogP contribution in [-0.4, -0.2) is 27.1 Å². The Morgan fingerprint density at radius 3 is 2.47 bits per heavy atom. The van der Waals surface area contributed by atoms with Crippen molar-refractivity contribution in [1.29, 1.82) is 0 Å². The zero-order chi connectivity index (χ0) is 23.0. The highest BCUT2D eigenvalue weighted by Gasteiger charge is 2.14. The average molecular weight is 514 g/mol. The van der Waals surface area contributed by atoms with E-state index in [2.05, 4.69) is 37.8 Å². The molecule has 9 heteroatoms. The van der Waals surface area contributed by atoms with Crippen molar-refractivity contribution in [2.45, 2.75) is 4.90 Å². The maximum atomic E-state index is 12.4. The van der Waals surface area contributed by atoms with Crippen molar-refractivity contribution in [1.82, 2.24) is 5.43 Å². The largest absolute Gasteiger partial charge is 0.489 e. The first-order valence-electron chi connectivity index (χ1n) is 9.43. The number of halogens is 1. The fourth-order valence-electron chi connectivity index (χ4n) is 2.63. The normalized spacial score (nSPS) is 11.2. The number of nitrogens with one attached hydrogen (secondary N) is 2. The molecule has 0 aliphatic rings. The van der Waals surface area contributed by atoms with Crippen molar-refractivity contribution >= 4 is 43.8 Å². The molecule has 3 aromatic rings. The number of anilines is 1. The van der Waals surface area contributed by atoms with Crippen molar-refractivity contribution < 1.29 is 17.9 Å². The Morgan fingerprint density at radius 2 is 1.78 bits per heavy atom. The van der Waals surface area contributed by atoms with Crippen LogP contribution in [0.4, 0.5) is 5.69 Å². The van der Waals surface area contributed by atoms with Gasteiger partial charge in [0, 0.05) is 21.3 Å². The van der Waals surface area contributed by atoms with Crippen LogP contribution >= 0.6 is 15.9 Å². The van der Waals surface area contributed by atoms with Crippen LogP contribution in [-0.2, 0) is 10.0 Å². The third kappa shape index (κ3) is 6.29. The van der Waals surface area contributed by atoms with Gasteiger partial charge in [0.15, 0.2) is 0 Å². The maximum absolute atomic E-state index is 12.4. The topological polar surface area (TPSA) is 96.9 Å². The minimum Gasteiger partial charge on any atom is -0.489 e. The van der Waals surface area contributed by atoms with Gasteiger partial charge in [0.1, 0.15) is 12.4 Å². The lowest BCUT2D eigenvalue weighted by Crippen LogP contribution is -2.18. The highest BCUT2D eigenvalue weighted by atomic mass is 79.9. The second-order valence-electron chi connectivity index (χ2n) is 6.48. The average Bonchev–Trinajstić information content (AvgIpc) is 2.79. The molecular formula is C23H20BrN3O4S. The predicted octanol–water partition coefficient (Wildman–Crippen LogP) is 4.58. The maximum Gasteiger partial charge on any atom is 0.271 e. The van der Waals surface area contributed by atoms with E-state index in [1.807, 2.05) is 12.1 Å². The summed E-state index contributed by atoms with van der Waals surface area (Å²) in [5, 5.41) is 3.99. The molecule has 0 unspecified atom stereocenters. The van der Waals surface area contributed by atoms with Crippen molar-refractivity contribution in [2.75, 3.05) is 11.3 Å². The number of nitrogens with zero attached hydrogens (tertiary/aromatic N) is 1. The summed E-state index contributed by atoms with van der Waals surface area (Å²) in [5.41, 5.74) is 3.78. The Kier molecular flexibility index (Phi) is 7.80. The molecule has 0 aliphatic carbocycles. The van der Waals surface area contributed by atoms with Gasteiger partial charge in [0.2, 0.25) is 0 Å². The van der Waals surface area contributed by atoms with Gasteiger partial charge in [0.05, 0.1) is 11.1 Å². The van der Waals surface area contributed by atoms with Crippen molar-refractivity contribution in [3.8, 4) is 5.75 Å². The summed E-state index contributed by atoms with van der Waals surface area (Å²) < 4.78 is 33.7. The number of ether oxygens (including phenoxy) is 1. The van der Waals surface area contributed by atoms with Gasteiger partial charge in [-0.3, -0.25) is 9.52 Å². The Morgan fingerprint density at radius 1 is 1.06 bits per heavy atom. The summed E-state index contributed by atoms with van der Waals surface area (Å²) in [6, 6.07) is 19.5. The van der Waals surface area contributed by atoms with E-state index in [1.165, 1.54) is 42.6 Å². The molecule has 0 aromatic heterocycles. The molecule has 164 valence electrons. The number of amides is 1. The van der Waals surface area contributed by atoms with Crippen LogP contribution in [0.2, 0.25) is 0 Å².